The summed E-state index contributed by atoms with van der Waals surface area (Å²) in [4.78, 5) is 23.4. The first kappa shape index (κ1) is 20.9. The van der Waals surface area contributed by atoms with E-state index in [1.54, 1.807) is 0 Å². The zero-order valence-electron chi connectivity index (χ0n) is 16.5. The molecule has 0 fully saturated rings. The first-order valence-electron chi connectivity index (χ1n) is 8.63. The number of carbonyl (C=O) groups is 2. The third-order valence-corrected chi connectivity index (χ3v) is 4.54. The molecule has 1 aliphatic carbocycles. The van der Waals surface area contributed by atoms with Crippen LogP contribution in [0.15, 0.2) is 58.7 Å². The lowest BCUT2D eigenvalue weighted by Crippen LogP contribution is -2.30. The van der Waals surface area contributed by atoms with Crippen molar-refractivity contribution in [3.05, 3.63) is 58.7 Å². The second-order valence-corrected chi connectivity index (χ2v) is 7.41. The molecule has 3 heteroatoms. The van der Waals surface area contributed by atoms with Gasteiger partial charge in [0.1, 0.15) is 0 Å². The number of rotatable bonds is 5. The molecule has 0 saturated carbocycles. The van der Waals surface area contributed by atoms with Crippen LogP contribution in [0.25, 0.3) is 0 Å². The van der Waals surface area contributed by atoms with Gasteiger partial charge in [0.25, 0.3) is 0 Å². The Bertz CT molecular complexity index is 682. The molecule has 1 atom stereocenters. The van der Waals surface area contributed by atoms with Crippen molar-refractivity contribution < 1.29 is 14.3 Å². The summed E-state index contributed by atoms with van der Waals surface area (Å²) in [6, 6.07) is 0. The third-order valence-electron chi connectivity index (χ3n) is 4.54. The molecule has 0 amide bonds. The molecule has 0 aromatic rings. The van der Waals surface area contributed by atoms with E-state index in [9.17, 15) is 9.59 Å². The van der Waals surface area contributed by atoms with Gasteiger partial charge in [0.15, 0.2) is 5.78 Å². The molecular weight excluding hydrogens is 312 g/mol. The highest BCUT2D eigenvalue weighted by atomic mass is 16.5. The number of hydrogen-bond acceptors (Lipinski definition) is 3. The fourth-order valence-electron chi connectivity index (χ4n) is 3.24. The standard InChI is InChI=1S/C22H30O3/c1-15(9-8-10-16(2)13-20(23)25-7)11-12-19-18(4)21(24)17(3)14-22(19,5)6/h8-13,17H,14H2,1-7H3/b10-8?,12-11?,15-9?,16-13-. The van der Waals surface area contributed by atoms with Crippen molar-refractivity contribution in [3.63, 3.8) is 0 Å². The van der Waals surface area contributed by atoms with Crippen molar-refractivity contribution in [2.75, 3.05) is 7.11 Å². The minimum atomic E-state index is -0.358. The van der Waals surface area contributed by atoms with Crippen molar-refractivity contribution in [2.24, 2.45) is 11.3 Å². The molecule has 0 aromatic heterocycles. The molecule has 0 heterocycles. The molecule has 0 bridgehead atoms. The maximum Gasteiger partial charge on any atom is 0.330 e. The van der Waals surface area contributed by atoms with Gasteiger partial charge in [-0.25, -0.2) is 4.79 Å². The Hall–Kier alpha value is -2.16. The molecule has 0 saturated heterocycles. The van der Waals surface area contributed by atoms with Gasteiger partial charge in [-0.3, -0.25) is 4.79 Å². The number of ketones is 1. The average Bonchev–Trinajstić information content (AvgIpc) is 2.51. The number of allylic oxidation sites excluding steroid dienone is 9. The summed E-state index contributed by atoms with van der Waals surface area (Å²) < 4.78 is 4.59. The molecule has 0 radical (unpaired) electrons. The van der Waals surface area contributed by atoms with Gasteiger partial charge >= 0.3 is 5.97 Å². The zero-order valence-corrected chi connectivity index (χ0v) is 16.5. The first-order valence-corrected chi connectivity index (χ1v) is 8.63. The highest BCUT2D eigenvalue weighted by Crippen LogP contribution is 2.41. The molecule has 0 aromatic carbocycles. The summed E-state index contributed by atoms with van der Waals surface area (Å²) in [6.45, 7) is 12.2. The van der Waals surface area contributed by atoms with E-state index in [1.807, 2.05) is 52.0 Å². The summed E-state index contributed by atoms with van der Waals surface area (Å²) in [5.41, 5.74) is 3.90. The van der Waals surface area contributed by atoms with E-state index < -0.39 is 0 Å². The van der Waals surface area contributed by atoms with Crippen LogP contribution in [0.3, 0.4) is 0 Å². The number of esters is 1. The van der Waals surface area contributed by atoms with E-state index in [0.29, 0.717) is 0 Å². The van der Waals surface area contributed by atoms with E-state index in [-0.39, 0.29) is 23.1 Å². The molecule has 1 rings (SSSR count). The number of methoxy groups -OCH3 is 1. The van der Waals surface area contributed by atoms with E-state index >= 15 is 0 Å². The predicted molar refractivity (Wildman–Crippen MR) is 103 cm³/mol. The number of Topliss-reactive ketones (excluding diaryl/α,β-unsaturated/α-hetero) is 1. The van der Waals surface area contributed by atoms with Gasteiger partial charge in [0, 0.05) is 12.0 Å². The normalized spacial score (nSPS) is 22.2. The largest absolute Gasteiger partial charge is 0.466 e. The van der Waals surface area contributed by atoms with E-state index in [1.165, 1.54) is 13.2 Å². The molecule has 0 spiro atoms. The second kappa shape index (κ2) is 8.80. The third kappa shape index (κ3) is 6.00. The van der Waals surface area contributed by atoms with Crippen LogP contribution in [-0.2, 0) is 14.3 Å². The Kier molecular flexibility index (Phi) is 7.35. The molecule has 25 heavy (non-hydrogen) atoms. The molecule has 1 unspecified atom stereocenters. The lowest BCUT2D eigenvalue weighted by Gasteiger charge is -2.35. The summed E-state index contributed by atoms with van der Waals surface area (Å²) in [5, 5.41) is 0. The van der Waals surface area contributed by atoms with E-state index in [0.717, 1.165) is 28.7 Å². The monoisotopic (exact) mass is 342 g/mol. The Morgan fingerprint density at radius 3 is 2.44 bits per heavy atom. The Labute approximate surface area is 151 Å². The van der Waals surface area contributed by atoms with Gasteiger partial charge in [0.05, 0.1) is 7.11 Å². The van der Waals surface area contributed by atoms with Crippen LogP contribution >= 0.6 is 0 Å². The number of hydrogen-bond donors (Lipinski definition) is 0. The molecule has 3 nitrogen and oxygen atoms in total. The van der Waals surface area contributed by atoms with Crippen molar-refractivity contribution in [1.29, 1.82) is 0 Å². The van der Waals surface area contributed by atoms with Crippen LogP contribution < -0.4 is 0 Å². The molecule has 0 aliphatic heterocycles. The van der Waals surface area contributed by atoms with Gasteiger partial charge in [-0.2, -0.15) is 0 Å². The summed E-state index contributed by atoms with van der Waals surface area (Å²) in [5.74, 6) is -0.0102. The number of ether oxygens (including phenoxy) is 1. The summed E-state index contributed by atoms with van der Waals surface area (Å²) >= 11 is 0. The van der Waals surface area contributed by atoms with E-state index in [4.69, 9.17) is 0 Å². The highest BCUT2D eigenvalue weighted by Gasteiger charge is 2.35. The molecule has 136 valence electrons. The quantitative estimate of drug-likeness (QED) is 0.396. The summed E-state index contributed by atoms with van der Waals surface area (Å²) in [6.07, 6.45) is 12.2. The lowest BCUT2D eigenvalue weighted by atomic mass is 9.68. The van der Waals surface area contributed by atoms with Gasteiger partial charge < -0.3 is 4.74 Å². The van der Waals surface area contributed by atoms with Crippen molar-refractivity contribution in [1.82, 2.24) is 0 Å². The van der Waals surface area contributed by atoms with Crippen molar-refractivity contribution >= 4 is 11.8 Å². The second-order valence-electron chi connectivity index (χ2n) is 7.41. The molecule has 0 N–H and O–H groups in total. The Morgan fingerprint density at radius 1 is 1.20 bits per heavy atom. The van der Waals surface area contributed by atoms with Crippen LogP contribution in [-0.4, -0.2) is 18.9 Å². The fourth-order valence-corrected chi connectivity index (χ4v) is 3.24. The minimum Gasteiger partial charge on any atom is -0.466 e. The van der Waals surface area contributed by atoms with Gasteiger partial charge in [-0.05, 0) is 49.3 Å². The average molecular weight is 342 g/mol. The lowest BCUT2D eigenvalue weighted by molar-refractivity contribution is -0.134. The molecule has 1 aliphatic rings. The van der Waals surface area contributed by atoms with Gasteiger partial charge in [-0.1, -0.05) is 56.7 Å². The SMILES string of the molecule is COC(=O)/C=C(/C)C=CC=C(C)C=CC1=C(C)C(=O)C(C)CC1(C)C. The highest BCUT2D eigenvalue weighted by molar-refractivity contribution is 5.98. The maximum absolute atomic E-state index is 12.3. The smallest absolute Gasteiger partial charge is 0.330 e. The maximum atomic E-state index is 12.3. The van der Waals surface area contributed by atoms with E-state index in [2.05, 4.69) is 24.7 Å². The summed E-state index contributed by atoms with van der Waals surface area (Å²) in [7, 11) is 1.36. The minimum absolute atomic E-state index is 0.00384. The van der Waals surface area contributed by atoms with Crippen molar-refractivity contribution in [2.45, 2.75) is 48.0 Å². The first-order chi connectivity index (χ1) is 11.6. The van der Waals surface area contributed by atoms with Crippen molar-refractivity contribution in [3.8, 4) is 0 Å². The van der Waals surface area contributed by atoms with Gasteiger partial charge in [-0.15, -0.1) is 0 Å². The van der Waals surface area contributed by atoms with Gasteiger partial charge in [0.2, 0.25) is 0 Å². The predicted octanol–water partition coefficient (Wildman–Crippen LogP) is 5.12. The molecular formula is C22H30O3. The van der Waals surface area contributed by atoms with Crippen LogP contribution in [0, 0.1) is 11.3 Å². The van der Waals surface area contributed by atoms with Crippen LogP contribution in [0.1, 0.15) is 48.0 Å². The fraction of sp³-hybridized carbons (Fsp3) is 0.455. The Morgan fingerprint density at radius 2 is 1.84 bits per heavy atom. The topological polar surface area (TPSA) is 43.4 Å². The Balaban J connectivity index is 2.91. The van der Waals surface area contributed by atoms with Crippen LogP contribution in [0.5, 0.6) is 0 Å². The zero-order chi connectivity index (χ0) is 19.2. The number of carbonyl (C=O) groups excluding carboxylic acids is 2. The van der Waals surface area contributed by atoms with Crippen LogP contribution in [0.4, 0.5) is 0 Å². The van der Waals surface area contributed by atoms with Crippen LogP contribution in [0.2, 0.25) is 0 Å².